The van der Waals surface area contributed by atoms with Gasteiger partial charge in [-0.2, -0.15) is 4.98 Å². The first-order valence-corrected chi connectivity index (χ1v) is 4.65. The van der Waals surface area contributed by atoms with Gasteiger partial charge in [0.1, 0.15) is 5.58 Å². The van der Waals surface area contributed by atoms with E-state index in [9.17, 15) is 9.59 Å². The monoisotopic (exact) mass is 235 g/mol. The highest BCUT2D eigenvalue weighted by Gasteiger charge is 2.09. The summed E-state index contributed by atoms with van der Waals surface area (Å²) in [5, 5.41) is 0.681. The third-order valence-electron chi connectivity index (χ3n) is 2.19. The van der Waals surface area contributed by atoms with Crippen LogP contribution >= 0.6 is 0 Å². The molecule has 0 saturated carbocycles. The molecule has 0 aliphatic carbocycles. The summed E-state index contributed by atoms with van der Waals surface area (Å²) in [5.74, 6) is -1.06. The van der Waals surface area contributed by atoms with E-state index in [1.807, 2.05) is 0 Å². The van der Waals surface area contributed by atoms with Gasteiger partial charge in [-0.05, 0) is 6.07 Å². The molecule has 0 saturated heterocycles. The zero-order valence-electron chi connectivity index (χ0n) is 8.60. The largest absolute Gasteiger partial charge is 0.469 e. The number of nitrogens with zero attached hydrogens (tertiary/aromatic N) is 1. The van der Waals surface area contributed by atoms with Crippen molar-refractivity contribution in [1.29, 1.82) is 0 Å². The summed E-state index contributed by atoms with van der Waals surface area (Å²) in [6.45, 7) is 0. The molecular weight excluding hydrogens is 222 g/mol. The van der Waals surface area contributed by atoms with Crippen molar-refractivity contribution in [3.05, 3.63) is 40.5 Å². The van der Waals surface area contributed by atoms with E-state index < -0.39 is 5.76 Å². The molecule has 2 aromatic rings. The molecule has 0 N–H and O–H groups in total. The number of carbonyl (C=O) groups is 1. The predicted molar refractivity (Wildman–Crippen MR) is 62.7 cm³/mol. The van der Waals surface area contributed by atoms with Gasteiger partial charge in [-0.3, -0.25) is 4.79 Å². The number of esters is 1. The standard InChI is InChI=1S/C11H9NO4.CH4/c1-15-9(13)5-7-3-2-4-8-6-12-11(14)16-10(7)8;/h2-4,6H,5H2,1H3;1H4. The molecule has 2 rings (SSSR count). The quantitative estimate of drug-likeness (QED) is 0.738. The summed E-state index contributed by atoms with van der Waals surface area (Å²) in [4.78, 5) is 25.7. The Morgan fingerprint density at radius 2 is 2.24 bits per heavy atom. The van der Waals surface area contributed by atoms with Crippen LogP contribution in [0.2, 0.25) is 0 Å². The zero-order valence-corrected chi connectivity index (χ0v) is 8.60. The Morgan fingerprint density at radius 1 is 1.47 bits per heavy atom. The molecule has 5 nitrogen and oxygen atoms in total. The molecule has 1 heterocycles. The Bertz CT molecular complexity index is 588. The van der Waals surface area contributed by atoms with Gasteiger partial charge in [0.2, 0.25) is 0 Å². The molecule has 0 atom stereocenters. The lowest BCUT2D eigenvalue weighted by molar-refractivity contribution is -0.139. The van der Waals surface area contributed by atoms with Gasteiger partial charge < -0.3 is 9.15 Å². The molecule has 0 amide bonds. The average molecular weight is 235 g/mol. The molecule has 1 aromatic carbocycles. The molecule has 5 heteroatoms. The SMILES string of the molecule is C.COC(=O)Cc1cccc2cnc(=O)oc12. The highest BCUT2D eigenvalue weighted by molar-refractivity contribution is 5.83. The fraction of sp³-hybridized carbons (Fsp3) is 0.250. The molecule has 1 aromatic heterocycles. The minimum absolute atomic E-state index is 0. The van der Waals surface area contributed by atoms with Crippen molar-refractivity contribution in [3.63, 3.8) is 0 Å². The minimum Gasteiger partial charge on any atom is -0.469 e. The van der Waals surface area contributed by atoms with E-state index in [1.54, 1.807) is 18.2 Å². The fourth-order valence-electron chi connectivity index (χ4n) is 1.43. The predicted octanol–water partition coefficient (Wildman–Crippen LogP) is 1.54. The van der Waals surface area contributed by atoms with Crippen molar-refractivity contribution in [1.82, 2.24) is 4.98 Å². The van der Waals surface area contributed by atoms with Crippen LogP contribution in [-0.2, 0) is 16.0 Å². The van der Waals surface area contributed by atoms with Crippen LogP contribution in [0.15, 0.2) is 33.6 Å². The molecule has 0 aliphatic heterocycles. The summed E-state index contributed by atoms with van der Waals surface area (Å²) < 4.78 is 9.52. The normalized spacial score (nSPS) is 9.71. The molecule has 90 valence electrons. The summed E-state index contributed by atoms with van der Waals surface area (Å²) in [6.07, 6.45) is 1.49. The minimum atomic E-state index is -0.676. The summed E-state index contributed by atoms with van der Waals surface area (Å²) in [5.41, 5.74) is 0.997. The second-order valence-electron chi connectivity index (χ2n) is 3.21. The fourth-order valence-corrected chi connectivity index (χ4v) is 1.43. The van der Waals surface area contributed by atoms with Crippen molar-refractivity contribution in [2.45, 2.75) is 13.8 Å². The van der Waals surface area contributed by atoms with Crippen molar-refractivity contribution in [3.8, 4) is 0 Å². The van der Waals surface area contributed by atoms with Gasteiger partial charge in [0.15, 0.2) is 0 Å². The number of para-hydroxylation sites is 1. The topological polar surface area (TPSA) is 69.4 Å². The van der Waals surface area contributed by atoms with Gasteiger partial charge in [-0.15, -0.1) is 0 Å². The number of benzene rings is 1. The van der Waals surface area contributed by atoms with E-state index in [4.69, 9.17) is 4.42 Å². The van der Waals surface area contributed by atoms with Gasteiger partial charge in [0.25, 0.3) is 0 Å². The Labute approximate surface area is 98.0 Å². The Balaban J connectivity index is 0.00000144. The van der Waals surface area contributed by atoms with E-state index >= 15 is 0 Å². The Kier molecular flexibility index (Phi) is 3.98. The van der Waals surface area contributed by atoms with E-state index in [0.717, 1.165) is 0 Å². The van der Waals surface area contributed by atoms with Gasteiger partial charge in [0.05, 0.1) is 13.5 Å². The van der Waals surface area contributed by atoms with Crippen LogP contribution in [0, 0.1) is 0 Å². The lowest BCUT2D eigenvalue weighted by atomic mass is 10.1. The Hall–Kier alpha value is -2.17. The van der Waals surface area contributed by atoms with Crippen LogP contribution in [0.25, 0.3) is 11.0 Å². The molecular formula is C12H13NO4. The molecule has 0 radical (unpaired) electrons. The first kappa shape index (κ1) is 12.9. The third kappa shape index (κ3) is 2.69. The van der Waals surface area contributed by atoms with Crippen LogP contribution in [-0.4, -0.2) is 18.1 Å². The maximum atomic E-state index is 11.2. The molecule has 0 spiro atoms. The summed E-state index contributed by atoms with van der Waals surface area (Å²) >= 11 is 0. The first-order valence-electron chi connectivity index (χ1n) is 4.65. The molecule has 0 aliphatic rings. The van der Waals surface area contributed by atoms with E-state index in [2.05, 4.69) is 9.72 Å². The van der Waals surface area contributed by atoms with Gasteiger partial charge in [-0.25, -0.2) is 4.79 Å². The second-order valence-corrected chi connectivity index (χ2v) is 3.21. The van der Waals surface area contributed by atoms with Crippen LogP contribution in [0.1, 0.15) is 13.0 Å². The van der Waals surface area contributed by atoms with Gasteiger partial charge in [0, 0.05) is 17.1 Å². The lowest BCUT2D eigenvalue weighted by Gasteiger charge is -2.02. The Morgan fingerprint density at radius 3 is 2.94 bits per heavy atom. The van der Waals surface area contributed by atoms with Crippen LogP contribution in [0.5, 0.6) is 0 Å². The highest BCUT2D eigenvalue weighted by atomic mass is 16.5. The van der Waals surface area contributed by atoms with Crippen LogP contribution in [0.3, 0.4) is 0 Å². The lowest BCUT2D eigenvalue weighted by Crippen LogP contribution is -2.07. The first-order chi connectivity index (χ1) is 7.70. The van der Waals surface area contributed by atoms with E-state index in [1.165, 1.54) is 13.3 Å². The number of aromatic nitrogens is 1. The van der Waals surface area contributed by atoms with Gasteiger partial charge >= 0.3 is 11.7 Å². The number of carbonyl (C=O) groups excluding carboxylic acids is 1. The van der Waals surface area contributed by atoms with Crippen LogP contribution in [0.4, 0.5) is 0 Å². The van der Waals surface area contributed by atoms with E-state index in [0.29, 0.717) is 16.5 Å². The number of hydrogen-bond acceptors (Lipinski definition) is 5. The highest BCUT2D eigenvalue weighted by Crippen LogP contribution is 2.16. The molecule has 17 heavy (non-hydrogen) atoms. The van der Waals surface area contributed by atoms with Crippen molar-refractivity contribution in [2.75, 3.05) is 7.11 Å². The number of hydrogen-bond donors (Lipinski definition) is 0. The maximum absolute atomic E-state index is 11.2. The number of fused-ring (bicyclic) bond motifs is 1. The van der Waals surface area contributed by atoms with Crippen molar-refractivity contribution < 1.29 is 13.9 Å². The number of rotatable bonds is 2. The number of methoxy groups -OCH3 is 1. The zero-order chi connectivity index (χ0) is 11.5. The average Bonchev–Trinajstić information content (AvgIpc) is 2.29. The molecule has 0 bridgehead atoms. The molecule has 0 fully saturated rings. The van der Waals surface area contributed by atoms with E-state index in [-0.39, 0.29) is 19.8 Å². The smallest absolute Gasteiger partial charge is 0.439 e. The number of ether oxygens (including phenoxy) is 1. The second kappa shape index (κ2) is 5.25. The molecule has 0 unspecified atom stereocenters. The van der Waals surface area contributed by atoms with Crippen molar-refractivity contribution >= 4 is 16.9 Å². The summed E-state index contributed by atoms with van der Waals surface area (Å²) in [6, 6.07) is 5.23. The van der Waals surface area contributed by atoms with Crippen LogP contribution < -0.4 is 5.76 Å². The summed E-state index contributed by atoms with van der Waals surface area (Å²) in [7, 11) is 1.31. The third-order valence-corrected chi connectivity index (χ3v) is 2.19. The van der Waals surface area contributed by atoms with Gasteiger partial charge in [-0.1, -0.05) is 19.6 Å². The van der Waals surface area contributed by atoms with Crippen molar-refractivity contribution in [2.24, 2.45) is 0 Å². The maximum Gasteiger partial charge on any atom is 0.439 e.